The Balaban J connectivity index is 1.59. The summed E-state index contributed by atoms with van der Waals surface area (Å²) in [6, 6.07) is 9.09. The van der Waals surface area contributed by atoms with Gasteiger partial charge < -0.3 is 0 Å². The fraction of sp³-hybridized carbons (Fsp3) is 0.600. The van der Waals surface area contributed by atoms with Gasteiger partial charge in [-0.3, -0.25) is 9.80 Å². The number of hydrogen-bond acceptors (Lipinski definition) is 2. The van der Waals surface area contributed by atoms with Crippen molar-refractivity contribution in [1.29, 1.82) is 0 Å². The Morgan fingerprint density at radius 2 is 1.89 bits per heavy atom. The predicted molar refractivity (Wildman–Crippen MR) is 75.9 cm³/mol. The topological polar surface area (TPSA) is 6.48 Å². The SMILES string of the molecule is Clc1ccc(CN2CCN3CCCCC3C2)cc1. The second-order valence-electron chi connectivity index (χ2n) is 5.55. The highest BCUT2D eigenvalue weighted by molar-refractivity contribution is 6.30. The van der Waals surface area contributed by atoms with Gasteiger partial charge in [-0.1, -0.05) is 30.2 Å². The molecule has 1 unspecified atom stereocenters. The third-order valence-electron chi connectivity index (χ3n) is 4.24. The van der Waals surface area contributed by atoms with Crippen molar-refractivity contribution in [3.05, 3.63) is 34.9 Å². The van der Waals surface area contributed by atoms with Gasteiger partial charge in [0, 0.05) is 37.2 Å². The van der Waals surface area contributed by atoms with Gasteiger partial charge >= 0.3 is 0 Å². The van der Waals surface area contributed by atoms with Gasteiger partial charge in [0.1, 0.15) is 0 Å². The van der Waals surface area contributed by atoms with Crippen LogP contribution in [0.4, 0.5) is 0 Å². The zero-order valence-corrected chi connectivity index (χ0v) is 11.6. The summed E-state index contributed by atoms with van der Waals surface area (Å²) in [4.78, 5) is 5.28. The average molecular weight is 265 g/mol. The molecule has 2 aliphatic heterocycles. The van der Waals surface area contributed by atoms with Crippen LogP contribution in [0.5, 0.6) is 0 Å². The summed E-state index contributed by atoms with van der Waals surface area (Å²) in [5, 5.41) is 0.829. The van der Waals surface area contributed by atoms with Gasteiger partial charge in [0.2, 0.25) is 0 Å². The molecule has 3 rings (SSSR count). The van der Waals surface area contributed by atoms with Crippen LogP contribution in [0.15, 0.2) is 24.3 Å². The molecule has 0 N–H and O–H groups in total. The number of rotatable bonds is 2. The highest BCUT2D eigenvalue weighted by Gasteiger charge is 2.28. The number of halogens is 1. The van der Waals surface area contributed by atoms with Gasteiger partial charge in [-0.25, -0.2) is 0 Å². The van der Waals surface area contributed by atoms with Crippen molar-refractivity contribution in [2.45, 2.75) is 31.8 Å². The van der Waals surface area contributed by atoms with Crippen molar-refractivity contribution in [3.63, 3.8) is 0 Å². The van der Waals surface area contributed by atoms with Gasteiger partial charge in [0.25, 0.3) is 0 Å². The summed E-state index contributed by atoms with van der Waals surface area (Å²) in [5.74, 6) is 0. The first kappa shape index (κ1) is 12.5. The summed E-state index contributed by atoms with van der Waals surface area (Å²) < 4.78 is 0. The smallest absolute Gasteiger partial charge is 0.0406 e. The zero-order chi connectivity index (χ0) is 12.4. The van der Waals surface area contributed by atoms with E-state index in [1.165, 1.54) is 51.0 Å². The summed E-state index contributed by atoms with van der Waals surface area (Å²) in [5.41, 5.74) is 1.38. The van der Waals surface area contributed by atoms with Crippen LogP contribution in [-0.4, -0.2) is 42.0 Å². The van der Waals surface area contributed by atoms with Gasteiger partial charge in [0.05, 0.1) is 0 Å². The van der Waals surface area contributed by atoms with Crippen LogP contribution < -0.4 is 0 Å². The minimum atomic E-state index is 0.805. The van der Waals surface area contributed by atoms with Gasteiger partial charge in [0.15, 0.2) is 0 Å². The minimum absolute atomic E-state index is 0.805. The Morgan fingerprint density at radius 3 is 2.72 bits per heavy atom. The molecule has 0 aromatic heterocycles. The summed E-state index contributed by atoms with van der Waals surface area (Å²) in [6.45, 7) is 6.08. The molecule has 0 saturated carbocycles. The first-order valence-electron chi connectivity index (χ1n) is 7.02. The zero-order valence-electron chi connectivity index (χ0n) is 10.8. The average Bonchev–Trinajstić information content (AvgIpc) is 2.41. The monoisotopic (exact) mass is 264 g/mol. The molecule has 1 aromatic rings. The summed E-state index contributed by atoms with van der Waals surface area (Å²) in [6.07, 6.45) is 4.20. The second-order valence-corrected chi connectivity index (χ2v) is 5.98. The molecule has 2 fully saturated rings. The molecular weight excluding hydrogens is 244 g/mol. The van der Waals surface area contributed by atoms with Gasteiger partial charge in [-0.15, -0.1) is 0 Å². The fourth-order valence-electron chi connectivity index (χ4n) is 3.21. The summed E-state index contributed by atoms with van der Waals surface area (Å²) in [7, 11) is 0. The van der Waals surface area contributed by atoms with Crippen LogP contribution in [-0.2, 0) is 6.54 Å². The lowest BCUT2D eigenvalue weighted by molar-refractivity contribution is 0.0457. The maximum atomic E-state index is 5.93. The number of hydrogen-bond donors (Lipinski definition) is 0. The molecule has 0 amide bonds. The lowest BCUT2D eigenvalue weighted by Gasteiger charge is -2.44. The molecule has 2 nitrogen and oxygen atoms in total. The van der Waals surface area contributed by atoms with Crippen LogP contribution >= 0.6 is 11.6 Å². The molecule has 2 saturated heterocycles. The third kappa shape index (κ3) is 2.87. The molecule has 1 aromatic carbocycles. The Kier molecular flexibility index (Phi) is 3.88. The molecule has 98 valence electrons. The summed E-state index contributed by atoms with van der Waals surface area (Å²) >= 11 is 5.93. The maximum absolute atomic E-state index is 5.93. The van der Waals surface area contributed by atoms with Gasteiger partial charge in [-0.05, 0) is 37.1 Å². The molecule has 2 heterocycles. The van der Waals surface area contributed by atoms with Crippen LogP contribution in [0.2, 0.25) is 5.02 Å². The Labute approximate surface area is 115 Å². The van der Waals surface area contributed by atoms with Crippen molar-refractivity contribution < 1.29 is 0 Å². The van der Waals surface area contributed by atoms with E-state index in [0.717, 1.165) is 17.6 Å². The molecule has 0 aliphatic carbocycles. The van der Waals surface area contributed by atoms with Crippen LogP contribution in [0.1, 0.15) is 24.8 Å². The van der Waals surface area contributed by atoms with Crippen molar-refractivity contribution in [2.24, 2.45) is 0 Å². The van der Waals surface area contributed by atoms with E-state index < -0.39 is 0 Å². The van der Waals surface area contributed by atoms with Crippen LogP contribution in [0.3, 0.4) is 0 Å². The number of benzene rings is 1. The van der Waals surface area contributed by atoms with Crippen LogP contribution in [0, 0.1) is 0 Å². The predicted octanol–water partition coefficient (Wildman–Crippen LogP) is 3.01. The van der Waals surface area contributed by atoms with Crippen LogP contribution in [0.25, 0.3) is 0 Å². The lowest BCUT2D eigenvalue weighted by atomic mass is 9.99. The number of fused-ring (bicyclic) bond motifs is 1. The first-order valence-corrected chi connectivity index (χ1v) is 7.40. The number of nitrogens with zero attached hydrogens (tertiary/aromatic N) is 2. The van der Waals surface area contributed by atoms with Crippen molar-refractivity contribution in [2.75, 3.05) is 26.2 Å². The molecule has 18 heavy (non-hydrogen) atoms. The molecule has 0 radical (unpaired) electrons. The highest BCUT2D eigenvalue weighted by atomic mass is 35.5. The Morgan fingerprint density at radius 1 is 1.06 bits per heavy atom. The van der Waals surface area contributed by atoms with E-state index in [4.69, 9.17) is 11.6 Å². The minimum Gasteiger partial charge on any atom is -0.298 e. The van der Waals surface area contributed by atoms with E-state index in [9.17, 15) is 0 Å². The Hall–Kier alpha value is -0.570. The molecular formula is C15H21ClN2. The molecule has 3 heteroatoms. The van der Waals surface area contributed by atoms with E-state index in [2.05, 4.69) is 21.9 Å². The van der Waals surface area contributed by atoms with Crippen molar-refractivity contribution in [1.82, 2.24) is 9.80 Å². The van der Waals surface area contributed by atoms with Crippen molar-refractivity contribution >= 4 is 11.6 Å². The molecule has 0 spiro atoms. The van der Waals surface area contributed by atoms with E-state index in [-0.39, 0.29) is 0 Å². The van der Waals surface area contributed by atoms with E-state index in [1.807, 2.05) is 12.1 Å². The molecule has 2 aliphatic rings. The third-order valence-corrected chi connectivity index (χ3v) is 4.49. The maximum Gasteiger partial charge on any atom is 0.0406 e. The second kappa shape index (κ2) is 5.60. The number of piperidine rings is 1. The Bertz CT molecular complexity index is 390. The number of piperazine rings is 1. The standard InChI is InChI=1S/C15H21ClN2/c16-14-6-4-13(5-7-14)11-17-9-10-18-8-2-1-3-15(18)12-17/h4-7,15H,1-3,8-12H2. The fourth-order valence-corrected chi connectivity index (χ4v) is 3.34. The van der Waals surface area contributed by atoms with Gasteiger partial charge in [-0.2, -0.15) is 0 Å². The largest absolute Gasteiger partial charge is 0.298 e. The van der Waals surface area contributed by atoms with Crippen molar-refractivity contribution in [3.8, 4) is 0 Å². The highest BCUT2D eigenvalue weighted by Crippen LogP contribution is 2.22. The lowest BCUT2D eigenvalue weighted by Crippen LogP contribution is -2.54. The van der Waals surface area contributed by atoms with E-state index in [0.29, 0.717) is 0 Å². The normalized spacial score (nSPS) is 25.9. The quantitative estimate of drug-likeness (QED) is 0.810. The molecule has 1 atom stereocenters. The molecule has 0 bridgehead atoms. The van der Waals surface area contributed by atoms with E-state index in [1.54, 1.807) is 0 Å². The van der Waals surface area contributed by atoms with E-state index >= 15 is 0 Å². The first-order chi connectivity index (χ1) is 8.81.